The van der Waals surface area contributed by atoms with Crippen LogP contribution in [0.3, 0.4) is 0 Å². The lowest BCUT2D eigenvalue weighted by molar-refractivity contribution is 0.0942. The van der Waals surface area contributed by atoms with E-state index in [1.54, 1.807) is 0 Å². The lowest BCUT2D eigenvalue weighted by atomic mass is 10.0. The Hall–Kier alpha value is -2.21. The fourth-order valence-corrected chi connectivity index (χ4v) is 1.77. The fourth-order valence-electron chi connectivity index (χ4n) is 1.77. The minimum absolute atomic E-state index is 0.0411. The predicted molar refractivity (Wildman–Crippen MR) is 70.5 cm³/mol. The summed E-state index contributed by atoms with van der Waals surface area (Å²) >= 11 is 0. The van der Waals surface area contributed by atoms with E-state index in [-0.39, 0.29) is 11.7 Å². The van der Waals surface area contributed by atoms with Gasteiger partial charge in [0.25, 0.3) is 17.6 Å². The Balaban J connectivity index is 2.30. The van der Waals surface area contributed by atoms with E-state index in [1.807, 2.05) is 31.2 Å². The van der Waals surface area contributed by atoms with Gasteiger partial charge in [0.15, 0.2) is 0 Å². The first-order valence-electron chi connectivity index (χ1n) is 6.16. The van der Waals surface area contributed by atoms with E-state index in [0.29, 0.717) is 19.0 Å². The number of nitrogens with two attached hydrogens (primary N) is 1. The number of benzene rings is 1. The normalized spacial score (nSPS) is 10.4. The number of amides is 1. The van der Waals surface area contributed by atoms with E-state index in [0.717, 1.165) is 17.5 Å². The molecule has 1 amide bonds. The fraction of sp³-hybridized carbons (Fsp3) is 0.308. The molecule has 0 saturated heterocycles. The second kappa shape index (κ2) is 6.10. The van der Waals surface area contributed by atoms with Crippen LogP contribution in [0, 0.1) is 0 Å². The van der Waals surface area contributed by atoms with Crippen molar-refractivity contribution in [3.05, 3.63) is 35.7 Å². The molecule has 0 unspecified atom stereocenters. The number of aromatic nitrogens is 2. The van der Waals surface area contributed by atoms with Crippen molar-refractivity contribution in [2.24, 2.45) is 5.73 Å². The summed E-state index contributed by atoms with van der Waals surface area (Å²) < 4.78 is 5.14. The third kappa shape index (κ3) is 2.97. The SMILES string of the molecule is CCNC(=O)c1noc(-c2ccccc2CCN)n1. The zero-order chi connectivity index (χ0) is 13.7. The van der Waals surface area contributed by atoms with Crippen molar-refractivity contribution in [3.63, 3.8) is 0 Å². The maximum absolute atomic E-state index is 11.6. The van der Waals surface area contributed by atoms with Gasteiger partial charge in [-0.2, -0.15) is 4.98 Å². The molecule has 0 aliphatic carbocycles. The van der Waals surface area contributed by atoms with Crippen LogP contribution in [0.15, 0.2) is 28.8 Å². The van der Waals surface area contributed by atoms with Gasteiger partial charge < -0.3 is 15.6 Å². The molecular weight excluding hydrogens is 244 g/mol. The molecule has 1 aromatic heterocycles. The molecule has 6 nitrogen and oxygen atoms in total. The van der Waals surface area contributed by atoms with Crippen LogP contribution in [0.25, 0.3) is 11.5 Å². The van der Waals surface area contributed by atoms with Crippen LogP contribution in [-0.2, 0) is 6.42 Å². The van der Waals surface area contributed by atoms with Gasteiger partial charge in [0, 0.05) is 12.1 Å². The number of nitrogens with one attached hydrogen (secondary N) is 1. The van der Waals surface area contributed by atoms with Crippen LogP contribution >= 0.6 is 0 Å². The monoisotopic (exact) mass is 260 g/mol. The lowest BCUT2D eigenvalue weighted by Gasteiger charge is -2.03. The summed E-state index contributed by atoms with van der Waals surface area (Å²) in [5.74, 6) is 0.0403. The summed E-state index contributed by atoms with van der Waals surface area (Å²) in [5.41, 5.74) is 7.41. The molecular formula is C13H16N4O2. The smallest absolute Gasteiger partial charge is 0.292 e. The van der Waals surface area contributed by atoms with Gasteiger partial charge in [0.1, 0.15) is 0 Å². The van der Waals surface area contributed by atoms with Gasteiger partial charge in [-0.15, -0.1) is 0 Å². The molecule has 2 rings (SSSR count). The van der Waals surface area contributed by atoms with Gasteiger partial charge in [0.05, 0.1) is 0 Å². The Kier molecular flexibility index (Phi) is 4.25. The third-order valence-electron chi connectivity index (χ3n) is 2.63. The molecule has 0 spiro atoms. The van der Waals surface area contributed by atoms with Crippen molar-refractivity contribution in [1.82, 2.24) is 15.5 Å². The lowest BCUT2D eigenvalue weighted by Crippen LogP contribution is -2.23. The highest BCUT2D eigenvalue weighted by Crippen LogP contribution is 2.22. The molecule has 2 aromatic rings. The zero-order valence-electron chi connectivity index (χ0n) is 10.7. The van der Waals surface area contributed by atoms with Gasteiger partial charge in [-0.25, -0.2) is 0 Å². The van der Waals surface area contributed by atoms with E-state index in [9.17, 15) is 4.79 Å². The van der Waals surface area contributed by atoms with E-state index < -0.39 is 0 Å². The van der Waals surface area contributed by atoms with Gasteiger partial charge in [-0.3, -0.25) is 4.79 Å². The van der Waals surface area contributed by atoms with Crippen molar-refractivity contribution in [2.75, 3.05) is 13.1 Å². The molecule has 3 N–H and O–H groups in total. The number of nitrogens with zero attached hydrogens (tertiary/aromatic N) is 2. The predicted octanol–water partition coefficient (Wildman–Crippen LogP) is 0.988. The van der Waals surface area contributed by atoms with Gasteiger partial charge in [-0.05, 0) is 31.5 Å². The van der Waals surface area contributed by atoms with E-state index in [2.05, 4.69) is 15.5 Å². The minimum Gasteiger partial charge on any atom is -0.349 e. The summed E-state index contributed by atoms with van der Waals surface area (Å²) in [4.78, 5) is 15.7. The molecule has 0 saturated carbocycles. The first-order valence-corrected chi connectivity index (χ1v) is 6.16. The van der Waals surface area contributed by atoms with E-state index in [4.69, 9.17) is 10.3 Å². The minimum atomic E-state index is -0.339. The average molecular weight is 260 g/mol. The number of hydrogen-bond donors (Lipinski definition) is 2. The first kappa shape index (κ1) is 13.2. The summed E-state index contributed by atoms with van der Waals surface area (Å²) in [6.07, 6.45) is 0.717. The zero-order valence-corrected chi connectivity index (χ0v) is 10.7. The van der Waals surface area contributed by atoms with Crippen molar-refractivity contribution >= 4 is 5.91 Å². The maximum Gasteiger partial charge on any atom is 0.292 e. The Morgan fingerprint density at radius 3 is 2.95 bits per heavy atom. The van der Waals surface area contributed by atoms with Crippen LogP contribution in [0.4, 0.5) is 0 Å². The second-order valence-electron chi connectivity index (χ2n) is 3.98. The summed E-state index contributed by atoms with van der Waals surface area (Å²) in [7, 11) is 0. The Morgan fingerprint density at radius 2 is 2.21 bits per heavy atom. The Bertz CT molecular complexity index is 565. The molecule has 0 aliphatic heterocycles. The van der Waals surface area contributed by atoms with Gasteiger partial charge >= 0.3 is 0 Å². The number of rotatable bonds is 5. The van der Waals surface area contributed by atoms with Gasteiger partial charge in [-0.1, -0.05) is 23.4 Å². The molecule has 1 heterocycles. The molecule has 0 fully saturated rings. The Labute approximate surface area is 111 Å². The highest BCUT2D eigenvalue weighted by atomic mass is 16.5. The van der Waals surface area contributed by atoms with Crippen molar-refractivity contribution in [1.29, 1.82) is 0 Å². The number of carbonyl (C=O) groups is 1. The van der Waals surface area contributed by atoms with Crippen LogP contribution in [0.1, 0.15) is 23.1 Å². The second-order valence-corrected chi connectivity index (χ2v) is 3.98. The van der Waals surface area contributed by atoms with Crippen LogP contribution in [-0.4, -0.2) is 29.1 Å². The van der Waals surface area contributed by atoms with E-state index in [1.165, 1.54) is 0 Å². The summed E-state index contributed by atoms with van der Waals surface area (Å²) in [6.45, 7) is 2.89. The Morgan fingerprint density at radius 1 is 1.42 bits per heavy atom. The van der Waals surface area contributed by atoms with Crippen LogP contribution in [0.5, 0.6) is 0 Å². The molecule has 0 radical (unpaired) electrons. The number of carbonyl (C=O) groups excluding carboxylic acids is 1. The maximum atomic E-state index is 11.6. The summed E-state index contributed by atoms with van der Waals surface area (Å²) in [6, 6.07) is 7.64. The molecule has 0 atom stereocenters. The van der Waals surface area contributed by atoms with E-state index >= 15 is 0 Å². The highest BCUT2D eigenvalue weighted by Gasteiger charge is 2.16. The molecule has 0 bridgehead atoms. The first-order chi connectivity index (χ1) is 9.26. The van der Waals surface area contributed by atoms with Crippen LogP contribution < -0.4 is 11.1 Å². The molecule has 6 heteroatoms. The van der Waals surface area contributed by atoms with Crippen LogP contribution in [0.2, 0.25) is 0 Å². The molecule has 100 valence electrons. The average Bonchev–Trinajstić information content (AvgIpc) is 2.90. The standard InChI is InChI=1S/C13H16N4O2/c1-2-15-12(18)11-16-13(19-17-11)10-6-4-3-5-9(10)7-8-14/h3-6H,2,7-8,14H2,1H3,(H,15,18). The molecule has 1 aromatic carbocycles. The van der Waals surface area contributed by atoms with Crippen molar-refractivity contribution in [3.8, 4) is 11.5 Å². The quantitative estimate of drug-likeness (QED) is 0.836. The van der Waals surface area contributed by atoms with Crippen molar-refractivity contribution < 1.29 is 9.32 Å². The van der Waals surface area contributed by atoms with Gasteiger partial charge in [0.2, 0.25) is 0 Å². The van der Waals surface area contributed by atoms with Crippen molar-refractivity contribution in [2.45, 2.75) is 13.3 Å². The highest BCUT2D eigenvalue weighted by molar-refractivity contribution is 5.90. The molecule has 0 aliphatic rings. The largest absolute Gasteiger partial charge is 0.349 e. The molecule has 19 heavy (non-hydrogen) atoms. The topological polar surface area (TPSA) is 94.0 Å². The summed E-state index contributed by atoms with van der Waals surface area (Å²) in [5, 5.41) is 6.31. The number of hydrogen-bond acceptors (Lipinski definition) is 5. The third-order valence-corrected chi connectivity index (χ3v) is 2.63.